The third-order valence-electron chi connectivity index (χ3n) is 3.95. The number of carbonyl (C=O) groups excluding carboxylic acids is 1. The van der Waals surface area contributed by atoms with E-state index in [2.05, 4.69) is 22.8 Å². The molecule has 4 nitrogen and oxygen atoms in total. The molecule has 0 unspecified atom stereocenters. The molecule has 0 saturated heterocycles. The van der Waals surface area contributed by atoms with E-state index < -0.39 is 0 Å². The number of hydrogen-bond acceptors (Lipinski definition) is 2. The van der Waals surface area contributed by atoms with Gasteiger partial charge in [-0.25, -0.2) is 4.79 Å². The number of nitrogens with one attached hydrogen (secondary N) is 2. The number of urea groups is 1. The summed E-state index contributed by atoms with van der Waals surface area (Å²) < 4.78 is 0. The van der Waals surface area contributed by atoms with Gasteiger partial charge in [0.15, 0.2) is 0 Å². The van der Waals surface area contributed by atoms with Crippen LogP contribution >= 0.6 is 0 Å². The number of carbonyl (C=O) groups is 1. The molecule has 2 amide bonds. The lowest BCUT2D eigenvalue weighted by atomic mass is 9.79. The van der Waals surface area contributed by atoms with Gasteiger partial charge in [-0.1, -0.05) is 49.6 Å². The van der Waals surface area contributed by atoms with Gasteiger partial charge < -0.3 is 15.7 Å². The van der Waals surface area contributed by atoms with Gasteiger partial charge in [0.25, 0.3) is 0 Å². The number of benzene rings is 1. The molecule has 2 rings (SSSR count). The van der Waals surface area contributed by atoms with Crippen LogP contribution in [0.5, 0.6) is 0 Å². The van der Waals surface area contributed by atoms with E-state index in [1.165, 1.54) is 19.3 Å². The molecule has 2 atom stereocenters. The van der Waals surface area contributed by atoms with E-state index in [1.807, 2.05) is 18.2 Å². The highest BCUT2D eigenvalue weighted by Crippen LogP contribution is 2.34. The highest BCUT2D eigenvalue weighted by atomic mass is 16.3. The highest BCUT2D eigenvalue weighted by molar-refractivity contribution is 5.74. The fourth-order valence-electron chi connectivity index (χ4n) is 2.49. The summed E-state index contributed by atoms with van der Waals surface area (Å²) in [6, 6.07) is 9.70. The smallest absolute Gasteiger partial charge is 0.315 e. The van der Waals surface area contributed by atoms with Crippen molar-refractivity contribution in [3.63, 3.8) is 0 Å². The van der Waals surface area contributed by atoms with Gasteiger partial charge in [-0.15, -0.1) is 0 Å². The predicted molar refractivity (Wildman–Crippen MR) is 79.4 cm³/mol. The molecule has 0 aliphatic heterocycles. The molecule has 1 aliphatic rings. The van der Waals surface area contributed by atoms with Crippen LogP contribution in [0.3, 0.4) is 0 Å². The maximum Gasteiger partial charge on any atom is 0.315 e. The molecule has 0 spiro atoms. The number of rotatable bonds is 6. The van der Waals surface area contributed by atoms with Gasteiger partial charge >= 0.3 is 6.03 Å². The first-order valence-corrected chi connectivity index (χ1v) is 7.42. The molecule has 0 heterocycles. The molecule has 1 fully saturated rings. The SMILES string of the molecule is C[C@H](CO)NC(=O)N[C@H](CC1CCC1)c1ccccc1. The van der Waals surface area contributed by atoms with Gasteiger partial charge in [0.1, 0.15) is 0 Å². The summed E-state index contributed by atoms with van der Waals surface area (Å²) >= 11 is 0. The number of hydrogen-bond donors (Lipinski definition) is 3. The van der Waals surface area contributed by atoms with E-state index in [0.717, 1.165) is 17.9 Å². The average molecular weight is 276 g/mol. The highest BCUT2D eigenvalue weighted by Gasteiger charge is 2.24. The molecule has 0 radical (unpaired) electrons. The van der Waals surface area contributed by atoms with Crippen LogP contribution in [0.25, 0.3) is 0 Å². The summed E-state index contributed by atoms with van der Waals surface area (Å²) in [5.74, 6) is 0.718. The van der Waals surface area contributed by atoms with E-state index in [4.69, 9.17) is 5.11 Å². The molecule has 3 N–H and O–H groups in total. The number of aliphatic hydroxyl groups excluding tert-OH is 1. The third-order valence-corrected chi connectivity index (χ3v) is 3.95. The molecule has 20 heavy (non-hydrogen) atoms. The van der Waals surface area contributed by atoms with Crippen LogP contribution in [-0.4, -0.2) is 23.8 Å². The fourth-order valence-corrected chi connectivity index (χ4v) is 2.49. The van der Waals surface area contributed by atoms with E-state index >= 15 is 0 Å². The maximum atomic E-state index is 12.0. The first kappa shape index (κ1) is 14.9. The predicted octanol–water partition coefficient (Wildman–Crippen LogP) is 2.60. The van der Waals surface area contributed by atoms with Gasteiger partial charge in [-0.05, 0) is 24.8 Å². The Kier molecular flexibility index (Phi) is 5.41. The van der Waals surface area contributed by atoms with Crippen molar-refractivity contribution in [3.8, 4) is 0 Å². The van der Waals surface area contributed by atoms with Crippen molar-refractivity contribution in [1.82, 2.24) is 10.6 Å². The van der Waals surface area contributed by atoms with E-state index in [-0.39, 0.29) is 24.7 Å². The number of amides is 2. The molecule has 0 aromatic heterocycles. The Bertz CT molecular complexity index is 418. The van der Waals surface area contributed by atoms with Gasteiger partial charge in [-0.3, -0.25) is 0 Å². The van der Waals surface area contributed by atoms with Crippen LogP contribution in [0.4, 0.5) is 4.79 Å². The molecular formula is C16H24N2O2. The molecule has 110 valence electrons. The zero-order chi connectivity index (χ0) is 14.4. The molecule has 1 aromatic carbocycles. The van der Waals surface area contributed by atoms with E-state index in [9.17, 15) is 4.79 Å². The molecule has 4 heteroatoms. The number of aliphatic hydroxyl groups is 1. The second kappa shape index (κ2) is 7.29. The zero-order valence-corrected chi connectivity index (χ0v) is 12.0. The molecule has 0 bridgehead atoms. The first-order valence-electron chi connectivity index (χ1n) is 7.42. The van der Waals surface area contributed by atoms with Crippen LogP contribution in [0.2, 0.25) is 0 Å². The Labute approximate surface area is 120 Å². The second-order valence-corrected chi connectivity index (χ2v) is 5.70. The summed E-state index contributed by atoms with van der Waals surface area (Å²) in [7, 11) is 0. The lowest BCUT2D eigenvalue weighted by Gasteiger charge is -2.30. The minimum absolute atomic E-state index is 0.0485. The van der Waals surface area contributed by atoms with Gasteiger partial charge in [0.2, 0.25) is 0 Å². The lowest BCUT2D eigenvalue weighted by molar-refractivity contribution is 0.210. The normalized spacial score (nSPS) is 17.9. The Morgan fingerprint density at radius 3 is 2.55 bits per heavy atom. The van der Waals surface area contributed by atoms with Gasteiger partial charge in [0.05, 0.1) is 18.7 Å². The molecule has 1 aromatic rings. The van der Waals surface area contributed by atoms with Crippen LogP contribution in [0.15, 0.2) is 30.3 Å². The lowest BCUT2D eigenvalue weighted by Crippen LogP contribution is -2.44. The van der Waals surface area contributed by atoms with E-state index in [1.54, 1.807) is 6.92 Å². The summed E-state index contributed by atoms with van der Waals surface area (Å²) in [6.07, 6.45) is 4.82. The topological polar surface area (TPSA) is 61.4 Å². The Hall–Kier alpha value is -1.55. The minimum Gasteiger partial charge on any atom is -0.394 e. The molecule has 1 saturated carbocycles. The zero-order valence-electron chi connectivity index (χ0n) is 12.0. The average Bonchev–Trinajstić information content (AvgIpc) is 2.42. The first-order chi connectivity index (χ1) is 9.69. The summed E-state index contributed by atoms with van der Waals surface area (Å²) in [5.41, 5.74) is 1.14. The Morgan fingerprint density at radius 1 is 1.30 bits per heavy atom. The molecule has 1 aliphatic carbocycles. The monoisotopic (exact) mass is 276 g/mol. The standard InChI is InChI=1S/C16H24N2O2/c1-12(11-19)17-16(20)18-15(10-13-6-5-7-13)14-8-3-2-4-9-14/h2-4,8-9,12-13,15,19H,5-7,10-11H2,1H3,(H2,17,18,20)/t12-,15-/m1/s1. The van der Waals surface area contributed by atoms with Crippen molar-refractivity contribution in [1.29, 1.82) is 0 Å². The summed E-state index contributed by atoms with van der Waals surface area (Å²) in [4.78, 5) is 12.0. The minimum atomic E-state index is -0.227. The summed E-state index contributed by atoms with van der Waals surface area (Å²) in [6.45, 7) is 1.73. The van der Waals surface area contributed by atoms with Crippen LogP contribution in [0, 0.1) is 5.92 Å². The quantitative estimate of drug-likeness (QED) is 0.748. The van der Waals surface area contributed by atoms with E-state index in [0.29, 0.717) is 0 Å². The van der Waals surface area contributed by atoms with Crippen molar-refractivity contribution in [2.75, 3.05) is 6.61 Å². The Morgan fingerprint density at radius 2 is 2.00 bits per heavy atom. The van der Waals surface area contributed by atoms with Crippen molar-refractivity contribution in [2.24, 2.45) is 5.92 Å². The van der Waals surface area contributed by atoms with Crippen LogP contribution in [0.1, 0.15) is 44.2 Å². The van der Waals surface area contributed by atoms with Crippen LogP contribution < -0.4 is 10.6 Å². The third kappa shape index (κ3) is 4.23. The van der Waals surface area contributed by atoms with Gasteiger partial charge in [0, 0.05) is 0 Å². The van der Waals surface area contributed by atoms with Crippen molar-refractivity contribution in [2.45, 2.75) is 44.7 Å². The molecular weight excluding hydrogens is 252 g/mol. The van der Waals surface area contributed by atoms with Crippen LogP contribution in [-0.2, 0) is 0 Å². The summed E-state index contributed by atoms with van der Waals surface area (Å²) in [5, 5.41) is 14.8. The van der Waals surface area contributed by atoms with Gasteiger partial charge in [-0.2, -0.15) is 0 Å². The van der Waals surface area contributed by atoms with Crippen molar-refractivity contribution < 1.29 is 9.90 Å². The Balaban J connectivity index is 1.97. The largest absolute Gasteiger partial charge is 0.394 e. The second-order valence-electron chi connectivity index (χ2n) is 5.70. The fraction of sp³-hybridized carbons (Fsp3) is 0.562. The van der Waals surface area contributed by atoms with Crippen molar-refractivity contribution in [3.05, 3.63) is 35.9 Å². The van der Waals surface area contributed by atoms with Crippen molar-refractivity contribution >= 4 is 6.03 Å². The maximum absolute atomic E-state index is 12.0.